The Morgan fingerprint density at radius 3 is 2.71 bits per heavy atom. The van der Waals surface area contributed by atoms with Gasteiger partial charge in [0.1, 0.15) is 6.33 Å². The molecule has 1 aromatic rings. The minimum Gasteiger partial charge on any atom is -0.379 e. The molecule has 1 unspecified atom stereocenters. The van der Waals surface area contributed by atoms with Gasteiger partial charge in [-0.2, -0.15) is 0 Å². The predicted octanol–water partition coefficient (Wildman–Crippen LogP) is 0.559. The summed E-state index contributed by atoms with van der Waals surface area (Å²) in [7, 11) is 1.59. The highest BCUT2D eigenvalue weighted by Gasteiger charge is 2.24. The molecule has 0 bridgehead atoms. The van der Waals surface area contributed by atoms with Gasteiger partial charge in [-0.25, -0.2) is 9.97 Å². The molecular weight excluding hydrogens is 276 g/mol. The zero-order valence-corrected chi connectivity index (χ0v) is 12.2. The first kappa shape index (κ1) is 15.4. The monoisotopic (exact) mass is 296 g/mol. The Kier molecular flexibility index (Phi) is 5.23. The van der Waals surface area contributed by atoms with Gasteiger partial charge in [-0.1, -0.05) is 0 Å². The van der Waals surface area contributed by atoms with E-state index in [9.17, 15) is 10.1 Å². The summed E-state index contributed by atoms with van der Waals surface area (Å²) in [6, 6.07) is 0.0291. The van der Waals surface area contributed by atoms with E-state index in [1.54, 1.807) is 7.05 Å². The number of rotatable bonds is 6. The fourth-order valence-corrected chi connectivity index (χ4v) is 2.29. The van der Waals surface area contributed by atoms with Crippen LogP contribution in [0.4, 0.5) is 17.3 Å². The van der Waals surface area contributed by atoms with Crippen molar-refractivity contribution in [2.24, 2.45) is 0 Å². The number of nitrogens with one attached hydrogen (secondary N) is 2. The molecule has 2 heterocycles. The summed E-state index contributed by atoms with van der Waals surface area (Å²) in [5.74, 6) is 0.441. The molecule has 9 heteroatoms. The van der Waals surface area contributed by atoms with Gasteiger partial charge >= 0.3 is 5.69 Å². The van der Waals surface area contributed by atoms with Crippen LogP contribution in [0.2, 0.25) is 0 Å². The van der Waals surface area contributed by atoms with Crippen LogP contribution in [-0.2, 0) is 4.74 Å². The number of nitrogens with zero attached hydrogens (tertiary/aromatic N) is 4. The summed E-state index contributed by atoms with van der Waals surface area (Å²) in [4.78, 5) is 20.8. The highest BCUT2D eigenvalue weighted by Crippen LogP contribution is 2.28. The smallest absolute Gasteiger partial charge is 0.353 e. The number of hydrogen-bond donors (Lipinski definition) is 2. The average Bonchev–Trinajstić information content (AvgIpc) is 2.47. The maximum absolute atomic E-state index is 11.2. The van der Waals surface area contributed by atoms with Gasteiger partial charge in [0.15, 0.2) is 0 Å². The van der Waals surface area contributed by atoms with Crippen molar-refractivity contribution in [1.29, 1.82) is 0 Å². The van der Waals surface area contributed by atoms with Crippen molar-refractivity contribution in [1.82, 2.24) is 14.9 Å². The third-order valence-corrected chi connectivity index (χ3v) is 3.26. The number of aromatic nitrogens is 2. The van der Waals surface area contributed by atoms with Gasteiger partial charge in [-0.3, -0.25) is 15.0 Å². The third kappa shape index (κ3) is 3.99. The van der Waals surface area contributed by atoms with E-state index in [-0.39, 0.29) is 23.4 Å². The maximum Gasteiger partial charge on any atom is 0.353 e. The topological polar surface area (TPSA) is 105 Å². The third-order valence-electron chi connectivity index (χ3n) is 3.26. The van der Waals surface area contributed by atoms with Crippen molar-refractivity contribution >= 4 is 17.3 Å². The van der Waals surface area contributed by atoms with Crippen LogP contribution >= 0.6 is 0 Å². The SMILES string of the molecule is CNc1ncnc(NC(C)CN2CCOCC2)c1[N+](=O)[O-]. The molecule has 2 rings (SSSR count). The van der Waals surface area contributed by atoms with Gasteiger partial charge in [0, 0.05) is 32.7 Å². The van der Waals surface area contributed by atoms with Gasteiger partial charge in [-0.15, -0.1) is 0 Å². The minimum atomic E-state index is -0.477. The maximum atomic E-state index is 11.2. The second-order valence-electron chi connectivity index (χ2n) is 4.88. The standard InChI is InChI=1S/C12H20N6O3/c1-9(7-17-3-5-21-6-4-17)16-12-10(18(19)20)11(13-2)14-8-15-12/h8-9H,3-7H2,1-2H3,(H2,13,14,15,16). The molecule has 1 saturated heterocycles. The lowest BCUT2D eigenvalue weighted by Gasteiger charge is -2.29. The van der Waals surface area contributed by atoms with E-state index >= 15 is 0 Å². The molecule has 1 aliphatic rings. The second kappa shape index (κ2) is 7.14. The highest BCUT2D eigenvalue weighted by atomic mass is 16.6. The van der Waals surface area contributed by atoms with Crippen LogP contribution in [0.15, 0.2) is 6.33 Å². The van der Waals surface area contributed by atoms with Crippen LogP contribution in [0.25, 0.3) is 0 Å². The Hall–Kier alpha value is -2.00. The van der Waals surface area contributed by atoms with Gasteiger partial charge in [0.25, 0.3) is 0 Å². The first-order valence-corrected chi connectivity index (χ1v) is 6.85. The van der Waals surface area contributed by atoms with Crippen LogP contribution in [0, 0.1) is 10.1 Å². The van der Waals surface area contributed by atoms with Crippen LogP contribution < -0.4 is 10.6 Å². The second-order valence-corrected chi connectivity index (χ2v) is 4.88. The Balaban J connectivity index is 2.05. The van der Waals surface area contributed by atoms with Crippen LogP contribution in [0.5, 0.6) is 0 Å². The lowest BCUT2D eigenvalue weighted by molar-refractivity contribution is -0.383. The van der Waals surface area contributed by atoms with Crippen LogP contribution in [0.1, 0.15) is 6.92 Å². The molecule has 116 valence electrons. The molecule has 2 N–H and O–H groups in total. The molecule has 0 amide bonds. The Labute approximate surface area is 122 Å². The molecule has 0 aliphatic carbocycles. The Morgan fingerprint density at radius 2 is 2.10 bits per heavy atom. The molecule has 1 fully saturated rings. The first-order valence-electron chi connectivity index (χ1n) is 6.85. The summed E-state index contributed by atoms with van der Waals surface area (Å²) in [5.41, 5.74) is -0.131. The van der Waals surface area contributed by atoms with Gasteiger partial charge in [0.05, 0.1) is 18.1 Å². The van der Waals surface area contributed by atoms with E-state index in [0.29, 0.717) is 0 Å². The van der Waals surface area contributed by atoms with Crippen molar-refractivity contribution in [2.75, 3.05) is 50.5 Å². The van der Waals surface area contributed by atoms with E-state index in [0.717, 1.165) is 32.8 Å². The number of morpholine rings is 1. The fraction of sp³-hybridized carbons (Fsp3) is 0.667. The molecule has 0 radical (unpaired) electrons. The van der Waals surface area contributed by atoms with Gasteiger partial charge in [-0.05, 0) is 6.92 Å². The molecule has 0 aromatic carbocycles. The normalized spacial score (nSPS) is 17.2. The summed E-state index contributed by atoms with van der Waals surface area (Å²) in [6.45, 7) is 5.95. The molecule has 1 aromatic heterocycles. The quantitative estimate of drug-likeness (QED) is 0.579. The predicted molar refractivity (Wildman–Crippen MR) is 78.6 cm³/mol. The lowest BCUT2D eigenvalue weighted by atomic mass is 10.2. The zero-order chi connectivity index (χ0) is 15.2. The van der Waals surface area contributed by atoms with Gasteiger partial charge < -0.3 is 15.4 Å². The van der Waals surface area contributed by atoms with Crippen molar-refractivity contribution in [3.05, 3.63) is 16.4 Å². The number of ether oxygens (including phenoxy) is 1. The van der Waals surface area contributed by atoms with E-state index in [4.69, 9.17) is 4.74 Å². The van der Waals surface area contributed by atoms with Crippen LogP contribution in [-0.4, -0.2) is 65.7 Å². The van der Waals surface area contributed by atoms with Crippen molar-refractivity contribution in [3.63, 3.8) is 0 Å². The summed E-state index contributed by atoms with van der Waals surface area (Å²) < 4.78 is 5.30. The molecule has 9 nitrogen and oxygen atoms in total. The number of nitro groups is 1. The van der Waals surface area contributed by atoms with Crippen molar-refractivity contribution in [3.8, 4) is 0 Å². The van der Waals surface area contributed by atoms with E-state index in [1.165, 1.54) is 6.33 Å². The van der Waals surface area contributed by atoms with E-state index in [2.05, 4.69) is 25.5 Å². The summed E-state index contributed by atoms with van der Waals surface area (Å²) in [6.07, 6.45) is 1.31. The Morgan fingerprint density at radius 1 is 1.43 bits per heavy atom. The summed E-state index contributed by atoms with van der Waals surface area (Å²) in [5, 5.41) is 17.0. The van der Waals surface area contributed by atoms with Crippen molar-refractivity contribution in [2.45, 2.75) is 13.0 Å². The molecule has 1 atom stereocenters. The van der Waals surface area contributed by atoms with Crippen LogP contribution in [0.3, 0.4) is 0 Å². The van der Waals surface area contributed by atoms with Crippen molar-refractivity contribution < 1.29 is 9.66 Å². The lowest BCUT2D eigenvalue weighted by Crippen LogP contribution is -2.42. The molecular formula is C12H20N6O3. The first-order chi connectivity index (χ1) is 10.1. The minimum absolute atomic E-state index is 0.0291. The fourth-order valence-electron chi connectivity index (χ4n) is 2.29. The highest BCUT2D eigenvalue weighted by molar-refractivity contribution is 5.69. The molecule has 0 spiro atoms. The number of hydrogen-bond acceptors (Lipinski definition) is 8. The largest absolute Gasteiger partial charge is 0.379 e. The van der Waals surface area contributed by atoms with E-state index < -0.39 is 4.92 Å². The molecule has 21 heavy (non-hydrogen) atoms. The molecule has 0 saturated carbocycles. The van der Waals surface area contributed by atoms with E-state index in [1.807, 2.05) is 6.92 Å². The van der Waals surface area contributed by atoms with Gasteiger partial charge in [0.2, 0.25) is 11.6 Å². The summed E-state index contributed by atoms with van der Waals surface area (Å²) >= 11 is 0. The number of anilines is 2. The average molecular weight is 296 g/mol. The zero-order valence-electron chi connectivity index (χ0n) is 12.2. The molecule has 1 aliphatic heterocycles. The Bertz CT molecular complexity index is 492.